The van der Waals surface area contributed by atoms with Gasteiger partial charge < -0.3 is 4.84 Å². The molecule has 2 aliphatic heterocycles. The van der Waals surface area contributed by atoms with E-state index in [1.165, 1.54) is 22.4 Å². The van der Waals surface area contributed by atoms with Gasteiger partial charge in [-0.15, -0.1) is 0 Å². The summed E-state index contributed by atoms with van der Waals surface area (Å²) in [6.45, 7) is 0. The van der Waals surface area contributed by atoms with Crippen LogP contribution in [0.2, 0.25) is 0 Å². The Morgan fingerprint density at radius 1 is 0.773 bits per heavy atom. The number of nitrogens with zero attached hydrogens (tertiary/aromatic N) is 2. The van der Waals surface area contributed by atoms with Crippen molar-refractivity contribution in [3.05, 3.63) is 71.8 Å². The van der Waals surface area contributed by atoms with Crippen LogP contribution in [0.25, 0.3) is 12.2 Å². The highest BCUT2D eigenvalue weighted by Crippen LogP contribution is 2.25. The summed E-state index contributed by atoms with van der Waals surface area (Å²) in [5.74, 6) is 0.803. The van der Waals surface area contributed by atoms with Crippen LogP contribution in [0.15, 0.2) is 75.1 Å². The maximum atomic E-state index is 5.06. The third-order valence-corrected chi connectivity index (χ3v) is 3.78. The van der Waals surface area contributed by atoms with Crippen LogP contribution >= 0.6 is 11.9 Å². The van der Waals surface area contributed by atoms with E-state index in [1.54, 1.807) is 6.21 Å². The fourth-order valence-electron chi connectivity index (χ4n) is 1.94. The highest BCUT2D eigenvalue weighted by molar-refractivity contribution is 7.98. The molecule has 108 valence electrons. The number of hydrogen-bond acceptors (Lipinski definition) is 4. The molecule has 2 heterocycles. The van der Waals surface area contributed by atoms with Crippen molar-refractivity contribution in [2.75, 3.05) is 0 Å². The van der Waals surface area contributed by atoms with E-state index in [0.717, 1.165) is 11.3 Å². The number of para-hydroxylation sites is 1. The van der Waals surface area contributed by atoms with Crippen LogP contribution in [0.1, 0.15) is 11.1 Å². The second-order valence-corrected chi connectivity index (χ2v) is 5.32. The summed E-state index contributed by atoms with van der Waals surface area (Å²) in [5, 5.41) is 3.70. The summed E-state index contributed by atoms with van der Waals surface area (Å²) in [7, 11) is 0. The smallest absolute Gasteiger partial charge is 0.165 e. The van der Waals surface area contributed by atoms with Crippen LogP contribution < -0.4 is 4.84 Å². The Balaban J connectivity index is 0.000000131. The van der Waals surface area contributed by atoms with Crippen molar-refractivity contribution in [1.29, 1.82) is 0 Å². The standard InChI is InChI=1S/C9H7NO.C9H7NS/c2*1-2-6-9-8(4-1)5-3-7-10-11-9/h2*1-7H. The molecule has 4 rings (SSSR count). The molecule has 0 N–H and O–H groups in total. The molecule has 3 nitrogen and oxygen atoms in total. The molecule has 2 aliphatic rings. The number of allylic oxidation sites excluding steroid dienone is 2. The van der Waals surface area contributed by atoms with Crippen molar-refractivity contribution in [2.45, 2.75) is 4.90 Å². The predicted octanol–water partition coefficient (Wildman–Crippen LogP) is 4.87. The van der Waals surface area contributed by atoms with Crippen LogP contribution in [0.3, 0.4) is 0 Å². The molecule has 0 bridgehead atoms. The molecule has 0 saturated heterocycles. The minimum absolute atomic E-state index is 0.803. The van der Waals surface area contributed by atoms with Crippen LogP contribution in [-0.4, -0.2) is 12.4 Å². The average molecular weight is 306 g/mol. The summed E-state index contributed by atoms with van der Waals surface area (Å²) in [6.07, 6.45) is 11.3. The summed E-state index contributed by atoms with van der Waals surface area (Å²) in [4.78, 5) is 6.28. The molecule has 0 fully saturated rings. The molecule has 0 unspecified atom stereocenters. The SMILES string of the molecule is C1=Cc2ccccc2ON=C1.C1=Cc2ccccc2SN=C1. The first-order valence-corrected chi connectivity index (χ1v) is 7.63. The largest absolute Gasteiger partial charge is 0.356 e. The van der Waals surface area contributed by atoms with E-state index in [1.807, 2.05) is 60.8 Å². The maximum absolute atomic E-state index is 5.06. The van der Waals surface area contributed by atoms with E-state index >= 15 is 0 Å². The molecule has 4 heteroatoms. The van der Waals surface area contributed by atoms with Gasteiger partial charge in [-0.1, -0.05) is 47.6 Å². The lowest BCUT2D eigenvalue weighted by Crippen LogP contribution is -1.82. The third kappa shape index (κ3) is 3.74. The van der Waals surface area contributed by atoms with Crippen LogP contribution in [0.4, 0.5) is 0 Å². The molecule has 0 radical (unpaired) electrons. The van der Waals surface area contributed by atoms with Gasteiger partial charge in [-0.3, -0.25) is 0 Å². The third-order valence-electron chi connectivity index (χ3n) is 2.99. The lowest BCUT2D eigenvalue weighted by Gasteiger charge is -1.98. The Morgan fingerprint density at radius 3 is 2.45 bits per heavy atom. The first kappa shape index (κ1) is 14.4. The predicted molar refractivity (Wildman–Crippen MR) is 94.4 cm³/mol. The number of hydrogen-bond donors (Lipinski definition) is 0. The fourth-order valence-corrected chi connectivity index (χ4v) is 2.57. The topological polar surface area (TPSA) is 34.0 Å². The van der Waals surface area contributed by atoms with Gasteiger partial charge in [0.05, 0.1) is 6.21 Å². The Morgan fingerprint density at radius 2 is 1.50 bits per heavy atom. The molecule has 2 aromatic carbocycles. The minimum Gasteiger partial charge on any atom is -0.356 e. The van der Waals surface area contributed by atoms with Crippen molar-refractivity contribution in [3.8, 4) is 5.75 Å². The van der Waals surface area contributed by atoms with Crippen molar-refractivity contribution in [2.24, 2.45) is 9.55 Å². The zero-order valence-corrected chi connectivity index (χ0v) is 12.6. The second-order valence-electron chi connectivity index (χ2n) is 4.49. The Kier molecular flexibility index (Phi) is 4.85. The van der Waals surface area contributed by atoms with Gasteiger partial charge in [-0.25, -0.2) is 4.40 Å². The van der Waals surface area contributed by atoms with Gasteiger partial charge in [0.25, 0.3) is 0 Å². The van der Waals surface area contributed by atoms with E-state index in [4.69, 9.17) is 4.84 Å². The number of fused-ring (bicyclic) bond motifs is 2. The van der Waals surface area contributed by atoms with Gasteiger partial charge in [0.2, 0.25) is 0 Å². The van der Waals surface area contributed by atoms with E-state index < -0.39 is 0 Å². The molecule has 2 aromatic rings. The van der Waals surface area contributed by atoms with Gasteiger partial charge in [-0.05, 0) is 35.9 Å². The fraction of sp³-hybridized carbons (Fsp3) is 0. The molecule has 0 aliphatic carbocycles. The minimum atomic E-state index is 0.803. The second kappa shape index (κ2) is 7.43. The number of oxime groups is 1. The molecule has 0 amide bonds. The van der Waals surface area contributed by atoms with E-state index in [0.29, 0.717) is 0 Å². The van der Waals surface area contributed by atoms with Crippen molar-refractivity contribution in [3.63, 3.8) is 0 Å². The first-order chi connectivity index (χ1) is 10.9. The summed E-state index contributed by atoms with van der Waals surface area (Å²) in [5.41, 5.74) is 2.31. The molecular weight excluding hydrogens is 292 g/mol. The van der Waals surface area contributed by atoms with E-state index in [2.05, 4.69) is 27.8 Å². The summed E-state index contributed by atoms with van der Waals surface area (Å²) in [6, 6.07) is 16.0. The highest BCUT2D eigenvalue weighted by Gasteiger charge is 2.00. The Bertz CT molecular complexity index is 698. The zero-order valence-electron chi connectivity index (χ0n) is 11.8. The quantitative estimate of drug-likeness (QED) is 0.651. The van der Waals surface area contributed by atoms with Gasteiger partial charge in [0, 0.05) is 28.6 Å². The molecule has 0 aromatic heterocycles. The molecular formula is C18H14N2OS. The van der Waals surface area contributed by atoms with Gasteiger partial charge in [-0.2, -0.15) is 0 Å². The number of rotatable bonds is 0. The van der Waals surface area contributed by atoms with Crippen molar-refractivity contribution in [1.82, 2.24) is 0 Å². The van der Waals surface area contributed by atoms with Gasteiger partial charge >= 0.3 is 0 Å². The zero-order chi connectivity index (χ0) is 15.0. The first-order valence-electron chi connectivity index (χ1n) is 6.86. The van der Waals surface area contributed by atoms with Gasteiger partial charge in [0.1, 0.15) is 0 Å². The summed E-state index contributed by atoms with van der Waals surface area (Å²) >= 11 is 1.52. The van der Waals surface area contributed by atoms with Crippen LogP contribution in [-0.2, 0) is 0 Å². The van der Waals surface area contributed by atoms with E-state index in [9.17, 15) is 0 Å². The summed E-state index contributed by atoms with van der Waals surface area (Å²) < 4.78 is 4.12. The molecule has 22 heavy (non-hydrogen) atoms. The molecule has 0 atom stereocenters. The molecule has 0 spiro atoms. The number of benzene rings is 2. The monoisotopic (exact) mass is 306 g/mol. The Hall–Kier alpha value is -2.59. The lowest BCUT2D eigenvalue weighted by atomic mass is 10.2. The van der Waals surface area contributed by atoms with Crippen molar-refractivity contribution >= 4 is 36.5 Å². The van der Waals surface area contributed by atoms with Gasteiger partial charge in [0.15, 0.2) is 5.75 Å². The normalized spacial score (nSPS) is 13.8. The van der Waals surface area contributed by atoms with E-state index in [-0.39, 0.29) is 0 Å². The maximum Gasteiger partial charge on any atom is 0.165 e. The average Bonchev–Trinajstić information content (AvgIpc) is 2.95. The van der Waals surface area contributed by atoms with Crippen molar-refractivity contribution < 1.29 is 4.84 Å². The lowest BCUT2D eigenvalue weighted by molar-refractivity contribution is 0.344. The van der Waals surface area contributed by atoms with Crippen LogP contribution in [0, 0.1) is 0 Å². The highest BCUT2D eigenvalue weighted by atomic mass is 32.2. The molecule has 0 saturated carbocycles. The van der Waals surface area contributed by atoms with Crippen LogP contribution in [0.5, 0.6) is 5.75 Å². The Labute approximate surface area is 133 Å².